The smallest absolute Gasteiger partial charge is 0.332 e. The van der Waals surface area contributed by atoms with Crippen molar-refractivity contribution in [3.8, 4) is 0 Å². The van der Waals surface area contributed by atoms with Crippen LogP contribution in [0.2, 0.25) is 0 Å². The first-order chi connectivity index (χ1) is 26.4. The first-order valence-electron chi connectivity index (χ1n) is 22.0. The molecule has 0 radical (unpaired) electrons. The average molecular weight is 751 g/mol. The van der Waals surface area contributed by atoms with Crippen molar-refractivity contribution in [1.82, 2.24) is 0 Å². The minimum absolute atomic E-state index is 0.0109. The van der Waals surface area contributed by atoms with Crippen LogP contribution in [0.25, 0.3) is 6.08 Å². The van der Waals surface area contributed by atoms with Crippen molar-refractivity contribution in [2.24, 2.45) is 0 Å². The van der Waals surface area contributed by atoms with Gasteiger partial charge < -0.3 is 14.9 Å². The van der Waals surface area contributed by atoms with Crippen molar-refractivity contribution >= 4 is 23.6 Å². The molecule has 1 rings (SSSR count). The maximum Gasteiger partial charge on any atom is 0.332 e. The maximum atomic E-state index is 13.8. The zero-order valence-electron chi connectivity index (χ0n) is 34.5. The molecule has 0 aliphatic rings. The number of ketones is 2. The fraction of sp³-hybridized carbons (Fsp3) is 0.688. The van der Waals surface area contributed by atoms with Crippen molar-refractivity contribution in [2.45, 2.75) is 205 Å². The molecule has 0 aromatic heterocycles. The summed E-state index contributed by atoms with van der Waals surface area (Å²) in [6, 6.07) is 9.16. The van der Waals surface area contributed by atoms with E-state index in [-0.39, 0.29) is 12.8 Å². The third kappa shape index (κ3) is 23.8. The lowest BCUT2D eigenvalue weighted by atomic mass is 9.82. The first kappa shape index (κ1) is 49.2. The van der Waals surface area contributed by atoms with Gasteiger partial charge in [-0.25, -0.2) is 4.79 Å². The van der Waals surface area contributed by atoms with Crippen molar-refractivity contribution < 1.29 is 29.3 Å². The monoisotopic (exact) mass is 751 g/mol. The molecule has 0 fully saturated rings. The molecule has 54 heavy (non-hydrogen) atoms. The molecule has 0 heterocycles. The summed E-state index contributed by atoms with van der Waals surface area (Å²) >= 11 is 0. The predicted molar refractivity (Wildman–Crippen MR) is 226 cm³/mol. The Morgan fingerprint density at radius 1 is 0.574 bits per heavy atom. The van der Waals surface area contributed by atoms with Gasteiger partial charge in [-0.3, -0.25) is 9.59 Å². The lowest BCUT2D eigenvalue weighted by molar-refractivity contribution is -0.185. The summed E-state index contributed by atoms with van der Waals surface area (Å²) in [4.78, 5) is 40.7. The number of rotatable bonds is 37. The molecule has 6 heteroatoms. The molecule has 0 aliphatic heterocycles. The highest BCUT2D eigenvalue weighted by atomic mass is 16.6. The van der Waals surface area contributed by atoms with Gasteiger partial charge in [-0.2, -0.15) is 0 Å². The van der Waals surface area contributed by atoms with Crippen LogP contribution in [0.3, 0.4) is 0 Å². The van der Waals surface area contributed by atoms with E-state index in [4.69, 9.17) is 4.74 Å². The van der Waals surface area contributed by atoms with Crippen LogP contribution in [0, 0.1) is 0 Å². The third-order valence-corrected chi connectivity index (χ3v) is 10.3. The van der Waals surface area contributed by atoms with E-state index >= 15 is 0 Å². The second-order valence-corrected chi connectivity index (χ2v) is 15.1. The van der Waals surface area contributed by atoms with Gasteiger partial charge in [0.1, 0.15) is 6.10 Å². The van der Waals surface area contributed by atoms with E-state index in [0.29, 0.717) is 12.8 Å². The number of carbonyl (C=O) groups is 3. The van der Waals surface area contributed by atoms with Crippen molar-refractivity contribution in [3.05, 3.63) is 66.3 Å². The molecule has 0 spiro atoms. The molecule has 2 N–H and O–H groups in total. The average Bonchev–Trinajstić information content (AvgIpc) is 3.19. The summed E-state index contributed by atoms with van der Waals surface area (Å²) in [6.07, 6.45) is 39.0. The van der Waals surface area contributed by atoms with E-state index in [1.807, 2.05) is 30.3 Å². The van der Waals surface area contributed by atoms with E-state index in [1.54, 1.807) is 6.08 Å². The fourth-order valence-electron chi connectivity index (χ4n) is 6.84. The van der Waals surface area contributed by atoms with E-state index in [9.17, 15) is 24.6 Å². The van der Waals surface area contributed by atoms with Crippen LogP contribution < -0.4 is 0 Å². The second-order valence-electron chi connectivity index (χ2n) is 15.1. The second kappa shape index (κ2) is 34.6. The highest BCUT2D eigenvalue weighted by molar-refractivity contribution is 6.13. The molecule has 0 saturated heterocycles. The topological polar surface area (TPSA) is 101 Å². The van der Waals surface area contributed by atoms with Gasteiger partial charge in [-0.15, -0.1) is 0 Å². The van der Waals surface area contributed by atoms with Gasteiger partial charge >= 0.3 is 5.97 Å². The molecule has 0 amide bonds. The lowest BCUT2D eigenvalue weighted by Crippen LogP contribution is -2.60. The molecular weight excluding hydrogens is 673 g/mol. The van der Waals surface area contributed by atoms with Crippen molar-refractivity contribution in [3.63, 3.8) is 0 Å². The zero-order chi connectivity index (χ0) is 39.4. The summed E-state index contributed by atoms with van der Waals surface area (Å²) in [5.74, 6) is -2.18. The van der Waals surface area contributed by atoms with Crippen LogP contribution >= 0.6 is 0 Å². The number of carbonyl (C=O) groups excluding carboxylic acids is 3. The number of allylic oxidation sites excluding steroid dienone is 4. The van der Waals surface area contributed by atoms with Crippen LogP contribution in [0.1, 0.15) is 199 Å². The number of ether oxygens (including phenoxy) is 1. The number of benzene rings is 1. The molecule has 0 saturated carbocycles. The number of esters is 1. The highest BCUT2D eigenvalue weighted by Crippen LogP contribution is 2.27. The Hall–Kier alpha value is -2.83. The number of hydrogen-bond acceptors (Lipinski definition) is 6. The summed E-state index contributed by atoms with van der Waals surface area (Å²) < 4.78 is 5.64. The molecule has 0 bridgehead atoms. The van der Waals surface area contributed by atoms with E-state index in [1.165, 1.54) is 83.1 Å². The molecule has 1 unspecified atom stereocenters. The van der Waals surface area contributed by atoms with Crippen molar-refractivity contribution in [2.75, 3.05) is 6.61 Å². The summed E-state index contributed by atoms with van der Waals surface area (Å²) in [6.45, 7) is 3.62. The summed E-state index contributed by atoms with van der Waals surface area (Å²) in [5.41, 5.74) is -1.67. The van der Waals surface area contributed by atoms with Gasteiger partial charge in [0.25, 0.3) is 5.60 Å². The molecule has 1 aromatic rings. The Labute approximate surface area is 330 Å². The van der Waals surface area contributed by atoms with Crippen LogP contribution in [-0.4, -0.2) is 46.1 Å². The van der Waals surface area contributed by atoms with E-state index < -0.39 is 35.8 Å². The minimum Gasteiger partial charge on any atom is -0.437 e. The number of hydrogen-bond donors (Lipinski definition) is 2. The van der Waals surface area contributed by atoms with Crippen LogP contribution in [0.4, 0.5) is 0 Å². The molecule has 0 aliphatic carbocycles. The normalized spacial score (nSPS) is 13.6. The predicted octanol–water partition coefficient (Wildman–Crippen LogP) is 12.5. The number of unbranched alkanes of at least 4 members (excludes halogenated alkanes) is 22. The van der Waals surface area contributed by atoms with Gasteiger partial charge in [0.15, 0.2) is 11.6 Å². The van der Waals surface area contributed by atoms with Crippen LogP contribution in [0.15, 0.2) is 60.7 Å². The minimum atomic E-state index is -2.42. The third-order valence-electron chi connectivity index (χ3n) is 10.3. The van der Waals surface area contributed by atoms with Gasteiger partial charge in [-0.1, -0.05) is 171 Å². The molecule has 306 valence electrons. The van der Waals surface area contributed by atoms with Gasteiger partial charge in [0.2, 0.25) is 0 Å². The highest BCUT2D eigenvalue weighted by Gasteiger charge is 2.53. The zero-order valence-corrected chi connectivity index (χ0v) is 34.5. The Bertz CT molecular complexity index is 1100. The number of Topliss-reactive ketones (excluding diaryl/α,β-unsaturated/α-hetero) is 2. The molecule has 1 aromatic carbocycles. The van der Waals surface area contributed by atoms with Gasteiger partial charge in [0.05, 0.1) is 6.61 Å². The molecule has 6 nitrogen and oxygen atoms in total. The SMILES string of the molecule is CCCCCCCCC=CCCCCCCCC(=O)C(OC(=O)C=Cc1ccccc1)(C(=O)CCCCCCCC=CCCCCCCCC)C(O)CO. The Kier molecular flexibility index (Phi) is 31.6. The molecular formula is C48H78O6. The first-order valence-corrected chi connectivity index (χ1v) is 22.0. The van der Waals surface area contributed by atoms with Crippen LogP contribution in [-0.2, 0) is 19.1 Å². The quantitative estimate of drug-likeness (QED) is 0.0231. The van der Waals surface area contributed by atoms with E-state index in [2.05, 4.69) is 38.2 Å². The maximum absolute atomic E-state index is 13.8. The Morgan fingerprint density at radius 2 is 0.944 bits per heavy atom. The largest absolute Gasteiger partial charge is 0.437 e. The fourth-order valence-corrected chi connectivity index (χ4v) is 6.84. The van der Waals surface area contributed by atoms with Crippen LogP contribution in [0.5, 0.6) is 0 Å². The Balaban J connectivity index is 2.62. The van der Waals surface area contributed by atoms with Crippen molar-refractivity contribution in [1.29, 1.82) is 0 Å². The van der Waals surface area contributed by atoms with Gasteiger partial charge in [-0.05, 0) is 75.8 Å². The summed E-state index contributed by atoms with van der Waals surface area (Å²) in [5, 5.41) is 21.0. The summed E-state index contributed by atoms with van der Waals surface area (Å²) in [7, 11) is 0. The van der Waals surface area contributed by atoms with Gasteiger partial charge in [0, 0.05) is 18.9 Å². The lowest BCUT2D eigenvalue weighted by Gasteiger charge is -2.34. The van der Waals surface area contributed by atoms with E-state index in [0.717, 1.165) is 82.6 Å². The standard InChI is InChI=1S/C48H78O6/c1-3-5-7-9-11-13-15-17-19-21-23-25-27-29-34-38-44(50)48(46(52)42-49,54-47(53)41-40-43-36-32-31-33-37-43)45(51)39-35-30-28-26-24-22-20-18-16-14-12-10-8-6-4-2/h17-20,31-33,36-37,40-41,46,49,52H,3-16,21-30,34-35,38-39,42H2,1-2H3. The Morgan fingerprint density at radius 3 is 1.33 bits per heavy atom. The number of aliphatic hydroxyl groups excluding tert-OH is 2. The number of aliphatic hydroxyl groups is 2. The molecule has 1 atom stereocenters.